The standard InChI is InChI=1S/C15H16Cl2N2O3/c1-3-6-22-14(20)12-8(2)18-15(21)19-13(12)9-4-5-10(16)11(17)7-9/h4-5,7,13H,3,6H2,1-2H3,(H2,18,19,21). The molecule has 0 radical (unpaired) electrons. The van der Waals surface area contributed by atoms with Gasteiger partial charge in [-0.05, 0) is 31.0 Å². The number of nitrogens with one attached hydrogen (secondary N) is 2. The van der Waals surface area contributed by atoms with Gasteiger partial charge >= 0.3 is 12.0 Å². The summed E-state index contributed by atoms with van der Waals surface area (Å²) >= 11 is 11.9. The van der Waals surface area contributed by atoms with E-state index >= 15 is 0 Å². The van der Waals surface area contributed by atoms with Crippen LogP contribution in [0.5, 0.6) is 0 Å². The minimum absolute atomic E-state index is 0.317. The van der Waals surface area contributed by atoms with Crippen LogP contribution in [-0.2, 0) is 9.53 Å². The van der Waals surface area contributed by atoms with Crippen molar-refractivity contribution in [1.82, 2.24) is 10.6 Å². The average molecular weight is 343 g/mol. The zero-order valence-corrected chi connectivity index (χ0v) is 13.7. The molecule has 2 N–H and O–H groups in total. The number of hydrogen-bond acceptors (Lipinski definition) is 3. The zero-order valence-electron chi connectivity index (χ0n) is 12.2. The van der Waals surface area contributed by atoms with E-state index in [9.17, 15) is 9.59 Å². The highest BCUT2D eigenvalue weighted by atomic mass is 35.5. The number of amides is 2. The lowest BCUT2D eigenvalue weighted by molar-refractivity contribution is -0.139. The molecule has 0 saturated heterocycles. The SMILES string of the molecule is CCCOC(=O)C1=C(C)NC(=O)NC1c1ccc(Cl)c(Cl)c1. The molecule has 1 aromatic rings. The minimum Gasteiger partial charge on any atom is -0.462 e. The summed E-state index contributed by atoms with van der Waals surface area (Å²) in [4.78, 5) is 24.0. The van der Waals surface area contributed by atoms with Crippen molar-refractivity contribution in [2.45, 2.75) is 26.3 Å². The van der Waals surface area contributed by atoms with Gasteiger partial charge in [0.2, 0.25) is 0 Å². The molecule has 118 valence electrons. The Hall–Kier alpha value is -1.72. The van der Waals surface area contributed by atoms with Gasteiger partial charge < -0.3 is 15.4 Å². The van der Waals surface area contributed by atoms with Crippen LogP contribution in [-0.4, -0.2) is 18.6 Å². The van der Waals surface area contributed by atoms with Gasteiger partial charge in [-0.15, -0.1) is 0 Å². The van der Waals surface area contributed by atoms with Crippen LogP contribution < -0.4 is 10.6 Å². The summed E-state index contributed by atoms with van der Waals surface area (Å²) in [5.74, 6) is -0.470. The van der Waals surface area contributed by atoms with Crippen LogP contribution in [0.4, 0.5) is 4.79 Å². The predicted octanol–water partition coefficient (Wildman–Crippen LogP) is 3.57. The fourth-order valence-corrected chi connectivity index (χ4v) is 2.49. The molecule has 0 saturated carbocycles. The Morgan fingerprint density at radius 2 is 2.05 bits per heavy atom. The van der Waals surface area contributed by atoms with Crippen LogP contribution in [0.1, 0.15) is 31.9 Å². The molecule has 0 aromatic heterocycles. The van der Waals surface area contributed by atoms with E-state index < -0.39 is 12.0 Å². The molecular weight excluding hydrogens is 327 g/mol. The predicted molar refractivity (Wildman–Crippen MR) is 84.8 cm³/mol. The topological polar surface area (TPSA) is 67.4 Å². The number of benzene rings is 1. The van der Waals surface area contributed by atoms with Crippen molar-refractivity contribution in [3.8, 4) is 0 Å². The van der Waals surface area contributed by atoms with Gasteiger partial charge in [-0.25, -0.2) is 9.59 Å². The molecule has 0 aliphatic carbocycles. The molecule has 0 spiro atoms. The quantitative estimate of drug-likeness (QED) is 0.822. The molecule has 5 nitrogen and oxygen atoms in total. The molecule has 2 rings (SSSR count). The molecule has 0 fully saturated rings. The van der Waals surface area contributed by atoms with Crippen molar-refractivity contribution in [2.24, 2.45) is 0 Å². The first-order chi connectivity index (χ1) is 10.4. The Bertz CT molecular complexity index is 644. The number of carbonyl (C=O) groups excluding carboxylic acids is 2. The highest BCUT2D eigenvalue weighted by molar-refractivity contribution is 6.42. The van der Waals surface area contributed by atoms with E-state index in [0.29, 0.717) is 33.5 Å². The average Bonchev–Trinajstić information content (AvgIpc) is 2.46. The summed E-state index contributed by atoms with van der Waals surface area (Å²) < 4.78 is 5.19. The molecule has 1 unspecified atom stereocenters. The monoisotopic (exact) mass is 342 g/mol. The van der Waals surface area contributed by atoms with E-state index in [-0.39, 0.29) is 6.03 Å². The van der Waals surface area contributed by atoms with E-state index in [1.54, 1.807) is 25.1 Å². The number of rotatable bonds is 4. The summed E-state index contributed by atoms with van der Waals surface area (Å²) in [6.07, 6.45) is 0.718. The Morgan fingerprint density at radius 1 is 1.32 bits per heavy atom. The number of allylic oxidation sites excluding steroid dienone is 1. The fraction of sp³-hybridized carbons (Fsp3) is 0.333. The van der Waals surface area contributed by atoms with Crippen molar-refractivity contribution in [1.29, 1.82) is 0 Å². The zero-order chi connectivity index (χ0) is 16.3. The normalized spacial score (nSPS) is 17.8. The number of esters is 1. The lowest BCUT2D eigenvalue weighted by Crippen LogP contribution is -2.45. The van der Waals surface area contributed by atoms with Crippen LogP contribution >= 0.6 is 23.2 Å². The first-order valence-electron chi connectivity index (χ1n) is 6.84. The van der Waals surface area contributed by atoms with Gasteiger partial charge in [-0.1, -0.05) is 36.2 Å². The van der Waals surface area contributed by atoms with E-state index in [0.717, 1.165) is 6.42 Å². The molecule has 1 aromatic carbocycles. The van der Waals surface area contributed by atoms with Crippen LogP contribution in [0, 0.1) is 0 Å². The Morgan fingerprint density at radius 3 is 2.68 bits per heavy atom. The molecule has 7 heteroatoms. The molecule has 1 atom stereocenters. The fourth-order valence-electron chi connectivity index (χ4n) is 2.18. The van der Waals surface area contributed by atoms with E-state index in [2.05, 4.69) is 10.6 Å². The van der Waals surface area contributed by atoms with Crippen molar-refractivity contribution < 1.29 is 14.3 Å². The van der Waals surface area contributed by atoms with E-state index in [1.807, 2.05) is 6.92 Å². The van der Waals surface area contributed by atoms with Gasteiger partial charge in [0.25, 0.3) is 0 Å². The molecule has 2 amide bonds. The van der Waals surface area contributed by atoms with Gasteiger partial charge in [0, 0.05) is 5.70 Å². The van der Waals surface area contributed by atoms with Gasteiger partial charge in [0.1, 0.15) is 0 Å². The smallest absolute Gasteiger partial charge is 0.338 e. The molecule has 1 heterocycles. The highest BCUT2D eigenvalue weighted by Crippen LogP contribution is 2.31. The Kier molecular flexibility index (Phi) is 5.32. The maximum absolute atomic E-state index is 12.3. The number of halogens is 2. The summed E-state index contributed by atoms with van der Waals surface area (Å²) in [6, 6.07) is 3.94. The number of ether oxygens (including phenoxy) is 1. The first kappa shape index (κ1) is 16.6. The van der Waals surface area contributed by atoms with Crippen LogP contribution in [0.2, 0.25) is 10.0 Å². The van der Waals surface area contributed by atoms with Crippen molar-refractivity contribution in [2.75, 3.05) is 6.61 Å². The minimum atomic E-state index is -0.632. The van der Waals surface area contributed by atoms with Crippen molar-refractivity contribution in [3.63, 3.8) is 0 Å². The summed E-state index contributed by atoms with van der Waals surface area (Å²) in [5.41, 5.74) is 1.47. The highest BCUT2D eigenvalue weighted by Gasteiger charge is 2.32. The molecule has 22 heavy (non-hydrogen) atoms. The van der Waals surface area contributed by atoms with Crippen molar-refractivity contribution >= 4 is 35.2 Å². The number of urea groups is 1. The summed E-state index contributed by atoms with van der Waals surface area (Å²) in [6.45, 7) is 3.88. The first-order valence-corrected chi connectivity index (χ1v) is 7.60. The third kappa shape index (κ3) is 3.54. The summed E-state index contributed by atoms with van der Waals surface area (Å²) in [5, 5.41) is 6.05. The van der Waals surface area contributed by atoms with Gasteiger partial charge in [0.15, 0.2) is 0 Å². The van der Waals surface area contributed by atoms with Gasteiger partial charge in [-0.2, -0.15) is 0 Å². The second kappa shape index (κ2) is 7.03. The Balaban J connectivity index is 2.40. The molecule has 0 bridgehead atoms. The van der Waals surface area contributed by atoms with E-state index in [4.69, 9.17) is 27.9 Å². The molecule has 1 aliphatic rings. The van der Waals surface area contributed by atoms with E-state index in [1.165, 1.54) is 0 Å². The molecular formula is C15H16Cl2N2O3. The second-order valence-electron chi connectivity index (χ2n) is 4.88. The lowest BCUT2D eigenvalue weighted by Gasteiger charge is -2.28. The lowest BCUT2D eigenvalue weighted by atomic mass is 9.95. The second-order valence-corrected chi connectivity index (χ2v) is 5.69. The van der Waals surface area contributed by atoms with Crippen molar-refractivity contribution in [3.05, 3.63) is 45.1 Å². The third-order valence-corrected chi connectivity index (χ3v) is 3.94. The third-order valence-electron chi connectivity index (χ3n) is 3.20. The summed E-state index contributed by atoms with van der Waals surface area (Å²) in [7, 11) is 0. The number of carbonyl (C=O) groups is 2. The van der Waals surface area contributed by atoms with Crippen LogP contribution in [0.15, 0.2) is 29.5 Å². The maximum Gasteiger partial charge on any atom is 0.338 e. The molecule has 1 aliphatic heterocycles. The van der Waals surface area contributed by atoms with Crippen LogP contribution in [0.25, 0.3) is 0 Å². The Labute approximate surface area is 138 Å². The largest absolute Gasteiger partial charge is 0.462 e. The van der Waals surface area contributed by atoms with Gasteiger partial charge in [0.05, 0.1) is 28.3 Å². The van der Waals surface area contributed by atoms with Crippen LogP contribution in [0.3, 0.4) is 0 Å². The number of hydrogen-bond donors (Lipinski definition) is 2. The maximum atomic E-state index is 12.3. The van der Waals surface area contributed by atoms with Gasteiger partial charge in [-0.3, -0.25) is 0 Å².